The van der Waals surface area contributed by atoms with E-state index in [1.807, 2.05) is 24.3 Å². The van der Waals surface area contributed by atoms with Crippen LogP contribution in [0, 0.1) is 0 Å². The first-order valence-electron chi connectivity index (χ1n) is 12.2. The summed E-state index contributed by atoms with van der Waals surface area (Å²) >= 11 is 0. The van der Waals surface area contributed by atoms with Crippen LogP contribution >= 0.6 is 0 Å². The molecule has 2 aromatic rings. The molecule has 1 atom stereocenters. The van der Waals surface area contributed by atoms with Crippen molar-refractivity contribution in [1.82, 2.24) is 0 Å². The van der Waals surface area contributed by atoms with E-state index in [1.54, 1.807) is 6.07 Å². The van der Waals surface area contributed by atoms with Crippen LogP contribution in [0.3, 0.4) is 0 Å². The Kier molecular flexibility index (Phi) is 13.0. The summed E-state index contributed by atoms with van der Waals surface area (Å²) in [6, 6.07) is 15.1. The van der Waals surface area contributed by atoms with E-state index in [0.29, 0.717) is 12.2 Å². The van der Waals surface area contributed by atoms with Crippen LogP contribution in [-0.4, -0.2) is 19.1 Å². The van der Waals surface area contributed by atoms with Crippen LogP contribution in [-0.2, 0) is 16.7 Å². The molecular formula is C26H37KN2O3S. The number of nitrogens with zero attached hydrogens (tertiary/aromatic N) is 1. The molecule has 5 nitrogen and oxygen atoms in total. The van der Waals surface area contributed by atoms with E-state index in [-0.39, 0.29) is 62.4 Å². The minimum atomic E-state index is -4.53. The standard InChI is InChI=1S/C26H38N2O3S.K/c1-2-3-4-5-6-7-8-9-10-14-20-25-27-26-23(18-15-19-24(26)32(29,30)31)28(25)21-22-16-12-11-13-17-22;/h11-13,15-19,25,27H,2-10,14,20-21H2,1H3,(H,29,30,31);/q;+1/p-1. The van der Waals surface area contributed by atoms with E-state index >= 15 is 0 Å². The quantitative estimate of drug-likeness (QED) is 0.245. The predicted molar refractivity (Wildman–Crippen MR) is 131 cm³/mol. The third-order valence-corrected chi connectivity index (χ3v) is 7.18. The zero-order chi connectivity index (χ0) is 22.8. The van der Waals surface area contributed by atoms with Crippen LogP contribution < -0.4 is 61.6 Å². The molecule has 0 radical (unpaired) electrons. The molecule has 0 amide bonds. The van der Waals surface area contributed by atoms with Crippen molar-refractivity contribution in [2.45, 2.75) is 95.2 Å². The first-order valence-corrected chi connectivity index (χ1v) is 13.6. The van der Waals surface area contributed by atoms with Gasteiger partial charge in [-0.1, -0.05) is 101 Å². The maximum Gasteiger partial charge on any atom is 1.00 e. The summed E-state index contributed by atoms with van der Waals surface area (Å²) in [6.07, 6.45) is 13.7. The molecule has 1 N–H and O–H groups in total. The summed E-state index contributed by atoms with van der Waals surface area (Å²) in [5.41, 5.74) is 2.41. The number of anilines is 2. The molecule has 0 fully saturated rings. The first kappa shape index (κ1) is 28.8. The van der Waals surface area contributed by atoms with Crippen LogP contribution in [0.5, 0.6) is 0 Å². The largest absolute Gasteiger partial charge is 1.00 e. The van der Waals surface area contributed by atoms with Gasteiger partial charge in [0.1, 0.15) is 10.1 Å². The number of nitrogens with one attached hydrogen (secondary N) is 1. The second-order valence-corrected chi connectivity index (χ2v) is 10.2. The van der Waals surface area contributed by atoms with Crippen molar-refractivity contribution >= 4 is 21.5 Å². The molecule has 176 valence electrons. The van der Waals surface area contributed by atoms with Gasteiger partial charge in [0.05, 0.1) is 22.4 Å². The number of fused-ring (bicyclic) bond motifs is 1. The number of hydrogen-bond donors (Lipinski definition) is 1. The van der Waals surface area contributed by atoms with Crippen molar-refractivity contribution in [3.63, 3.8) is 0 Å². The summed E-state index contributed by atoms with van der Waals surface area (Å²) in [5.74, 6) is 0. The third kappa shape index (κ3) is 8.95. The summed E-state index contributed by atoms with van der Waals surface area (Å²) in [6.45, 7) is 2.92. The van der Waals surface area contributed by atoms with E-state index in [2.05, 4.69) is 29.3 Å². The van der Waals surface area contributed by atoms with Crippen LogP contribution in [0.15, 0.2) is 53.4 Å². The zero-order valence-electron chi connectivity index (χ0n) is 20.3. The molecule has 0 aliphatic carbocycles. The van der Waals surface area contributed by atoms with Gasteiger partial charge in [-0.05, 0) is 30.5 Å². The molecule has 0 spiro atoms. The Hall–Kier alpha value is -0.414. The summed E-state index contributed by atoms with van der Waals surface area (Å²) in [5, 5.41) is 3.36. The Morgan fingerprint density at radius 1 is 0.848 bits per heavy atom. The van der Waals surface area contributed by atoms with Crippen LogP contribution in [0.25, 0.3) is 0 Å². The van der Waals surface area contributed by atoms with Gasteiger partial charge in [0.2, 0.25) is 0 Å². The average molecular weight is 497 g/mol. The molecule has 33 heavy (non-hydrogen) atoms. The number of benzene rings is 2. The van der Waals surface area contributed by atoms with Crippen molar-refractivity contribution in [3.8, 4) is 0 Å². The van der Waals surface area contributed by atoms with Gasteiger partial charge in [-0.25, -0.2) is 8.42 Å². The number of unbranched alkanes of at least 4 members (excludes halogenated alkanes) is 9. The van der Waals surface area contributed by atoms with Gasteiger partial charge in [-0.15, -0.1) is 0 Å². The minimum Gasteiger partial charge on any atom is -0.744 e. The Labute approximate surface area is 242 Å². The molecular weight excluding hydrogens is 459 g/mol. The normalized spacial score (nSPS) is 15.1. The van der Waals surface area contributed by atoms with E-state index < -0.39 is 10.1 Å². The average Bonchev–Trinajstić information content (AvgIpc) is 3.12. The van der Waals surface area contributed by atoms with Gasteiger partial charge in [-0.2, -0.15) is 0 Å². The summed E-state index contributed by atoms with van der Waals surface area (Å²) in [4.78, 5) is 2.05. The molecule has 0 aromatic heterocycles. The SMILES string of the molecule is CCCCCCCCCCCCC1Nc2c(cccc2S(=O)(=O)[O-])N1Cc1ccccc1.[K+]. The van der Waals surface area contributed by atoms with Gasteiger partial charge in [-0.3, -0.25) is 0 Å². The third-order valence-electron chi connectivity index (χ3n) is 6.30. The zero-order valence-corrected chi connectivity index (χ0v) is 24.2. The molecule has 3 rings (SSSR count). The Balaban J connectivity index is 0.00000385. The molecule has 1 heterocycles. The second kappa shape index (κ2) is 14.9. The number of rotatable bonds is 14. The van der Waals surface area contributed by atoms with Crippen LogP contribution in [0.1, 0.15) is 83.1 Å². The molecule has 7 heteroatoms. The van der Waals surface area contributed by atoms with E-state index in [0.717, 1.165) is 24.1 Å². The van der Waals surface area contributed by atoms with Gasteiger partial charge in [0.15, 0.2) is 0 Å². The maximum atomic E-state index is 11.8. The second-order valence-electron chi connectivity index (χ2n) is 8.85. The monoisotopic (exact) mass is 496 g/mol. The number of para-hydroxylation sites is 1. The molecule has 1 unspecified atom stereocenters. The van der Waals surface area contributed by atoms with E-state index in [1.165, 1.54) is 63.9 Å². The van der Waals surface area contributed by atoms with Gasteiger partial charge >= 0.3 is 51.4 Å². The van der Waals surface area contributed by atoms with Crippen LogP contribution in [0.2, 0.25) is 0 Å². The first-order chi connectivity index (χ1) is 15.5. The van der Waals surface area contributed by atoms with Crippen LogP contribution in [0.4, 0.5) is 11.4 Å². The van der Waals surface area contributed by atoms with Gasteiger partial charge in [0, 0.05) is 6.54 Å². The van der Waals surface area contributed by atoms with Crippen molar-refractivity contribution in [2.24, 2.45) is 0 Å². The topological polar surface area (TPSA) is 72.5 Å². The van der Waals surface area contributed by atoms with E-state index in [4.69, 9.17) is 0 Å². The predicted octanol–water partition coefficient (Wildman–Crippen LogP) is 3.66. The fourth-order valence-corrected chi connectivity index (χ4v) is 5.21. The molecule has 1 aliphatic heterocycles. The Morgan fingerprint density at radius 2 is 1.45 bits per heavy atom. The van der Waals surface area contributed by atoms with Crippen molar-refractivity contribution < 1.29 is 64.4 Å². The Morgan fingerprint density at radius 3 is 2.06 bits per heavy atom. The van der Waals surface area contributed by atoms with Gasteiger partial charge in [0.25, 0.3) is 0 Å². The van der Waals surface area contributed by atoms with Crippen molar-refractivity contribution in [2.75, 3.05) is 10.2 Å². The summed E-state index contributed by atoms with van der Waals surface area (Å²) in [7, 11) is -4.53. The molecule has 2 aromatic carbocycles. The smallest absolute Gasteiger partial charge is 0.744 e. The fraction of sp³-hybridized carbons (Fsp3) is 0.538. The molecule has 0 bridgehead atoms. The number of hydrogen-bond acceptors (Lipinski definition) is 5. The maximum absolute atomic E-state index is 11.8. The summed E-state index contributed by atoms with van der Waals surface area (Å²) < 4.78 is 35.4. The Bertz CT molecular complexity index is 938. The fourth-order valence-electron chi connectivity index (χ4n) is 4.55. The van der Waals surface area contributed by atoms with Gasteiger partial charge < -0.3 is 14.8 Å². The van der Waals surface area contributed by atoms with Crippen molar-refractivity contribution in [1.29, 1.82) is 0 Å². The van der Waals surface area contributed by atoms with Crippen molar-refractivity contribution in [3.05, 3.63) is 54.1 Å². The molecule has 0 saturated carbocycles. The van der Waals surface area contributed by atoms with E-state index in [9.17, 15) is 13.0 Å². The minimum absolute atomic E-state index is 0. The molecule has 0 saturated heterocycles. The molecule has 1 aliphatic rings.